The van der Waals surface area contributed by atoms with Crippen molar-refractivity contribution in [2.24, 2.45) is 0 Å². The van der Waals surface area contributed by atoms with Crippen LogP contribution in [-0.2, 0) is 14.3 Å². The van der Waals surface area contributed by atoms with Gasteiger partial charge in [0.1, 0.15) is 10.7 Å². The minimum atomic E-state index is -0.820. The van der Waals surface area contributed by atoms with E-state index in [0.717, 1.165) is 12.1 Å². The van der Waals surface area contributed by atoms with E-state index < -0.39 is 23.8 Å². The average molecular weight is 417 g/mol. The van der Waals surface area contributed by atoms with E-state index in [1.165, 1.54) is 18.9 Å². The van der Waals surface area contributed by atoms with Crippen molar-refractivity contribution < 1.29 is 28.2 Å². The van der Waals surface area contributed by atoms with Crippen LogP contribution < -0.4 is 10.6 Å². The number of benzene rings is 1. The van der Waals surface area contributed by atoms with Crippen molar-refractivity contribution in [1.29, 1.82) is 0 Å². The molecule has 0 spiro atoms. The second kappa shape index (κ2) is 9.09. The van der Waals surface area contributed by atoms with Crippen molar-refractivity contribution in [2.45, 2.75) is 26.4 Å². The molecule has 0 aromatic heterocycles. The van der Waals surface area contributed by atoms with Crippen molar-refractivity contribution in [1.82, 2.24) is 5.32 Å². The first-order valence-corrected chi connectivity index (χ1v) is 9.31. The summed E-state index contributed by atoms with van der Waals surface area (Å²) in [5.41, 5.74) is 0.0598. The minimum Gasteiger partial charge on any atom is -0.465 e. The van der Waals surface area contributed by atoms with Crippen LogP contribution >= 0.6 is 23.4 Å². The topological polar surface area (TPSA) is 93.7 Å². The number of allylic oxidation sites excluding steroid dienone is 1. The molecule has 1 aliphatic rings. The van der Waals surface area contributed by atoms with E-state index >= 15 is 0 Å². The zero-order valence-corrected chi connectivity index (χ0v) is 16.4. The highest BCUT2D eigenvalue weighted by molar-refractivity contribution is 8.04. The zero-order chi connectivity index (χ0) is 20.1. The summed E-state index contributed by atoms with van der Waals surface area (Å²) in [4.78, 5) is 36.2. The van der Waals surface area contributed by atoms with Crippen LogP contribution in [0.4, 0.5) is 14.9 Å². The number of carbonyl (C=O) groups excluding carboxylic acids is 3. The Morgan fingerprint density at radius 3 is 2.56 bits per heavy atom. The third-order valence-electron chi connectivity index (χ3n) is 3.38. The van der Waals surface area contributed by atoms with Gasteiger partial charge >= 0.3 is 18.0 Å². The molecule has 0 atom stereocenters. The van der Waals surface area contributed by atoms with Crippen LogP contribution in [0.3, 0.4) is 0 Å². The molecule has 7 nitrogen and oxygen atoms in total. The molecule has 27 heavy (non-hydrogen) atoms. The third-order valence-corrected chi connectivity index (χ3v) is 4.80. The maximum absolute atomic E-state index is 14.1. The van der Waals surface area contributed by atoms with Crippen LogP contribution in [0.1, 0.15) is 30.6 Å². The SMILES string of the molecule is COC(=O)C1=C(NC(=O)Nc2cc(C(=O)OC(C)C)c(Cl)cc2F)CCS1. The molecule has 2 rings (SSSR count). The Bertz CT molecular complexity index is 813. The predicted octanol–water partition coefficient (Wildman–Crippen LogP) is 3.69. The van der Waals surface area contributed by atoms with Gasteiger partial charge in [0.05, 0.1) is 29.5 Å². The molecule has 0 unspecified atom stereocenters. The molecular weight excluding hydrogens is 399 g/mol. The number of methoxy groups -OCH3 is 1. The van der Waals surface area contributed by atoms with Crippen LogP contribution in [0.2, 0.25) is 5.02 Å². The van der Waals surface area contributed by atoms with Crippen molar-refractivity contribution >= 4 is 47.0 Å². The van der Waals surface area contributed by atoms with Crippen LogP contribution in [0, 0.1) is 5.82 Å². The zero-order valence-electron chi connectivity index (χ0n) is 14.9. The Morgan fingerprint density at radius 1 is 1.22 bits per heavy atom. The number of thioether (sulfide) groups is 1. The summed E-state index contributed by atoms with van der Waals surface area (Å²) in [6.45, 7) is 3.32. The summed E-state index contributed by atoms with van der Waals surface area (Å²) in [6.07, 6.45) is 0.0688. The molecule has 10 heteroatoms. The van der Waals surface area contributed by atoms with Crippen LogP contribution in [0.5, 0.6) is 0 Å². The van der Waals surface area contributed by atoms with Gasteiger partial charge in [0.2, 0.25) is 0 Å². The van der Waals surface area contributed by atoms with Gasteiger partial charge in [0.15, 0.2) is 0 Å². The number of ether oxygens (including phenoxy) is 2. The summed E-state index contributed by atoms with van der Waals surface area (Å²) < 4.78 is 23.8. The second-order valence-corrected chi connectivity index (χ2v) is 7.26. The van der Waals surface area contributed by atoms with Crippen molar-refractivity contribution in [3.05, 3.63) is 39.1 Å². The number of carbonyl (C=O) groups is 3. The molecule has 1 heterocycles. The number of rotatable bonds is 5. The number of halogens is 2. The summed E-state index contributed by atoms with van der Waals surface area (Å²) in [5, 5.41) is 4.68. The van der Waals surface area contributed by atoms with E-state index in [9.17, 15) is 18.8 Å². The lowest BCUT2D eigenvalue weighted by atomic mass is 10.2. The lowest BCUT2D eigenvalue weighted by Crippen LogP contribution is -2.29. The fraction of sp³-hybridized carbons (Fsp3) is 0.353. The van der Waals surface area contributed by atoms with Crippen molar-refractivity contribution in [3.8, 4) is 0 Å². The molecule has 1 aliphatic heterocycles. The Kier molecular flexibility index (Phi) is 7.09. The number of amides is 2. The van der Waals surface area contributed by atoms with Gasteiger partial charge in [-0.3, -0.25) is 0 Å². The van der Waals surface area contributed by atoms with E-state index in [1.807, 2.05) is 0 Å². The Balaban J connectivity index is 2.18. The van der Waals surface area contributed by atoms with Crippen molar-refractivity contribution in [3.63, 3.8) is 0 Å². The van der Waals surface area contributed by atoms with Gasteiger partial charge < -0.3 is 20.1 Å². The average Bonchev–Trinajstić information content (AvgIpc) is 3.03. The smallest absolute Gasteiger partial charge is 0.346 e. The van der Waals surface area contributed by atoms with Gasteiger partial charge in [-0.1, -0.05) is 11.6 Å². The number of hydrogen-bond acceptors (Lipinski definition) is 6. The van der Waals surface area contributed by atoms with E-state index in [4.69, 9.17) is 16.3 Å². The summed E-state index contributed by atoms with van der Waals surface area (Å²) in [6, 6.07) is 1.25. The molecule has 0 fully saturated rings. The first kappa shape index (κ1) is 21.0. The first-order chi connectivity index (χ1) is 12.7. The molecule has 146 valence electrons. The van der Waals surface area contributed by atoms with Crippen LogP contribution in [-0.4, -0.2) is 36.9 Å². The quantitative estimate of drug-likeness (QED) is 0.711. The fourth-order valence-corrected chi connectivity index (χ4v) is 3.49. The molecule has 0 saturated carbocycles. The standard InChI is InChI=1S/C17H18ClFN2O5S/c1-8(2)26-15(22)9-6-13(11(19)7-10(9)18)21-17(24)20-12-4-5-27-14(12)16(23)25-3/h6-8H,4-5H2,1-3H3,(H2,20,21,24). The Hall–Kier alpha value is -2.26. The highest BCUT2D eigenvalue weighted by Gasteiger charge is 2.24. The number of nitrogens with one attached hydrogen (secondary N) is 2. The summed E-state index contributed by atoms with van der Waals surface area (Å²) >= 11 is 7.15. The van der Waals surface area contributed by atoms with Gasteiger partial charge in [-0.05, 0) is 32.4 Å². The van der Waals surface area contributed by atoms with Crippen LogP contribution in [0.25, 0.3) is 0 Å². The van der Waals surface area contributed by atoms with Gasteiger partial charge in [-0.15, -0.1) is 11.8 Å². The Morgan fingerprint density at radius 2 is 1.93 bits per heavy atom. The molecular formula is C17H18ClFN2O5S. The normalized spacial score (nSPS) is 13.6. The molecule has 0 saturated heterocycles. The molecule has 0 bridgehead atoms. The lowest BCUT2D eigenvalue weighted by molar-refractivity contribution is -0.135. The van der Waals surface area contributed by atoms with Gasteiger partial charge in [0, 0.05) is 11.4 Å². The largest absolute Gasteiger partial charge is 0.465 e. The second-order valence-electron chi connectivity index (χ2n) is 5.74. The van der Waals surface area contributed by atoms with Crippen molar-refractivity contribution in [2.75, 3.05) is 18.2 Å². The first-order valence-electron chi connectivity index (χ1n) is 7.95. The number of anilines is 1. The van der Waals surface area contributed by atoms with E-state index in [-0.39, 0.29) is 22.4 Å². The number of hydrogen-bond donors (Lipinski definition) is 2. The Labute approximate surface area is 164 Å². The van der Waals surface area contributed by atoms with E-state index in [0.29, 0.717) is 22.8 Å². The van der Waals surface area contributed by atoms with Crippen LogP contribution in [0.15, 0.2) is 22.7 Å². The fourth-order valence-electron chi connectivity index (χ4n) is 2.22. The maximum Gasteiger partial charge on any atom is 0.346 e. The monoisotopic (exact) mass is 416 g/mol. The molecule has 0 aliphatic carbocycles. The summed E-state index contributed by atoms with van der Waals surface area (Å²) in [5.74, 6) is -1.50. The maximum atomic E-state index is 14.1. The molecule has 2 N–H and O–H groups in total. The lowest BCUT2D eigenvalue weighted by Gasteiger charge is -2.13. The molecule has 0 radical (unpaired) electrons. The van der Waals surface area contributed by atoms with E-state index in [2.05, 4.69) is 15.4 Å². The summed E-state index contributed by atoms with van der Waals surface area (Å²) in [7, 11) is 1.24. The van der Waals surface area contributed by atoms with Gasteiger partial charge in [-0.25, -0.2) is 18.8 Å². The highest BCUT2D eigenvalue weighted by atomic mass is 35.5. The molecule has 1 aromatic carbocycles. The number of urea groups is 1. The number of esters is 2. The highest BCUT2D eigenvalue weighted by Crippen LogP contribution is 2.31. The predicted molar refractivity (Wildman–Crippen MR) is 100 cm³/mol. The van der Waals surface area contributed by atoms with Gasteiger partial charge in [0.25, 0.3) is 0 Å². The third kappa shape index (κ3) is 5.36. The van der Waals surface area contributed by atoms with Gasteiger partial charge in [-0.2, -0.15) is 0 Å². The minimum absolute atomic E-state index is 0.0760. The van der Waals surface area contributed by atoms with E-state index in [1.54, 1.807) is 13.8 Å². The molecule has 1 aromatic rings. The molecule has 2 amide bonds.